The molecule has 0 heterocycles. The van der Waals surface area contributed by atoms with Crippen molar-refractivity contribution in [3.63, 3.8) is 0 Å². The van der Waals surface area contributed by atoms with Crippen LogP contribution in [0.4, 0.5) is 0 Å². The molecule has 0 radical (unpaired) electrons. The topological polar surface area (TPSA) is 26.3 Å². The molecule has 0 aromatic carbocycles. The lowest BCUT2D eigenvalue weighted by atomic mass is 10.6. The summed E-state index contributed by atoms with van der Waals surface area (Å²) >= 11 is 0. The minimum absolute atomic E-state index is 0.0847. The van der Waals surface area contributed by atoms with Gasteiger partial charge in [-0.1, -0.05) is 6.58 Å². The van der Waals surface area contributed by atoms with E-state index in [9.17, 15) is 4.79 Å². The first-order valence-electron chi connectivity index (χ1n) is 3.35. The molecule has 0 aliphatic rings. The molecule has 0 spiro atoms. The molecule has 0 atom stereocenters. The van der Waals surface area contributed by atoms with Gasteiger partial charge in [0.25, 0.3) is 0 Å². The van der Waals surface area contributed by atoms with E-state index in [2.05, 4.69) is 6.58 Å². The molecule has 0 amide bonds. The lowest BCUT2D eigenvalue weighted by Gasteiger charge is -2.19. The number of hydrogen-bond donors (Lipinski definition) is 0. The quantitative estimate of drug-likeness (QED) is 0.349. The van der Waals surface area contributed by atoms with Crippen molar-refractivity contribution in [2.75, 3.05) is 14.1 Å². The van der Waals surface area contributed by atoms with Crippen LogP contribution in [0.25, 0.3) is 0 Å². The van der Waals surface area contributed by atoms with Crippen LogP contribution in [0.15, 0.2) is 24.9 Å². The Kier molecular flexibility index (Phi) is 3.54. The molecular formula is C8H14NO2+. The Hall–Kier alpha value is -1.09. The average Bonchev–Trinajstić information content (AvgIpc) is 1.86. The minimum Gasteiger partial charge on any atom is -0.267 e. The van der Waals surface area contributed by atoms with Gasteiger partial charge in [-0.2, -0.15) is 0 Å². The highest BCUT2D eigenvalue weighted by Crippen LogP contribution is 2.00. The molecule has 0 aromatic rings. The zero-order chi connectivity index (χ0) is 8.91. The molecule has 11 heavy (non-hydrogen) atoms. The summed E-state index contributed by atoms with van der Waals surface area (Å²) in [4.78, 5) is 15.6. The third-order valence-corrected chi connectivity index (χ3v) is 1.000. The summed E-state index contributed by atoms with van der Waals surface area (Å²) < 4.78 is 0.0847. The molecule has 62 valence electrons. The van der Waals surface area contributed by atoms with Crippen LogP contribution in [0.2, 0.25) is 0 Å². The first kappa shape index (κ1) is 9.91. The average molecular weight is 156 g/mol. The highest BCUT2D eigenvalue weighted by molar-refractivity contribution is 5.80. The predicted molar refractivity (Wildman–Crippen MR) is 43.2 cm³/mol. The zero-order valence-electron chi connectivity index (χ0n) is 7.20. The van der Waals surface area contributed by atoms with E-state index in [1.54, 1.807) is 20.3 Å². The Morgan fingerprint density at radius 2 is 2.09 bits per heavy atom. The fraction of sp³-hybridized carbons (Fsp3) is 0.375. The molecule has 0 aromatic heterocycles. The first-order valence-corrected chi connectivity index (χ1v) is 3.35. The van der Waals surface area contributed by atoms with Crippen LogP contribution >= 0.6 is 0 Å². The summed E-state index contributed by atoms with van der Waals surface area (Å²) in [6, 6.07) is 0. The number of carbonyl (C=O) groups is 1. The van der Waals surface area contributed by atoms with Crippen molar-refractivity contribution in [1.82, 2.24) is 0 Å². The van der Waals surface area contributed by atoms with Crippen molar-refractivity contribution in [3.05, 3.63) is 24.9 Å². The van der Waals surface area contributed by atoms with Crippen LogP contribution < -0.4 is 0 Å². The van der Waals surface area contributed by atoms with Gasteiger partial charge in [-0.25, -0.2) is 4.79 Å². The standard InChI is InChI=1S/C8H14NO2/c1-5-7-9(3,4)11-8(10)6-2/h5-7H,2H2,1,3-4H3/q+1. The van der Waals surface area contributed by atoms with Crippen molar-refractivity contribution < 1.29 is 14.3 Å². The second-order valence-corrected chi connectivity index (χ2v) is 2.53. The number of quaternary nitrogens is 1. The largest absolute Gasteiger partial charge is 0.390 e. The van der Waals surface area contributed by atoms with Crippen LogP contribution in [0.5, 0.6) is 0 Å². The molecular weight excluding hydrogens is 142 g/mol. The lowest BCUT2D eigenvalue weighted by molar-refractivity contribution is -1.02. The number of hydrogen-bond acceptors (Lipinski definition) is 2. The summed E-state index contributed by atoms with van der Waals surface area (Å²) in [6.45, 7) is 5.16. The minimum atomic E-state index is -0.423. The van der Waals surface area contributed by atoms with E-state index < -0.39 is 5.97 Å². The fourth-order valence-corrected chi connectivity index (χ4v) is 0.659. The summed E-state index contributed by atoms with van der Waals surface area (Å²) in [5.74, 6) is -0.423. The molecule has 0 aliphatic carbocycles. The number of allylic oxidation sites excluding steroid dienone is 1. The molecule has 3 nitrogen and oxygen atoms in total. The SMILES string of the molecule is C=CC(=O)O[N+](C)(C)C=CC. The van der Waals surface area contributed by atoms with Crippen molar-refractivity contribution >= 4 is 5.97 Å². The van der Waals surface area contributed by atoms with Gasteiger partial charge in [0.1, 0.15) is 20.3 Å². The third-order valence-electron chi connectivity index (χ3n) is 1.000. The number of nitrogens with zero attached hydrogens (tertiary/aromatic N) is 1. The van der Waals surface area contributed by atoms with Crippen LogP contribution in [0.3, 0.4) is 0 Å². The van der Waals surface area contributed by atoms with E-state index in [0.29, 0.717) is 0 Å². The second kappa shape index (κ2) is 3.93. The summed E-state index contributed by atoms with van der Waals surface area (Å²) in [7, 11) is 3.50. The maximum absolute atomic E-state index is 10.7. The molecule has 0 rings (SSSR count). The lowest BCUT2D eigenvalue weighted by Crippen LogP contribution is -2.35. The van der Waals surface area contributed by atoms with Gasteiger partial charge in [0, 0.05) is 6.08 Å². The second-order valence-electron chi connectivity index (χ2n) is 2.53. The fourth-order valence-electron chi connectivity index (χ4n) is 0.659. The first-order chi connectivity index (χ1) is 5.02. The zero-order valence-corrected chi connectivity index (χ0v) is 7.20. The van der Waals surface area contributed by atoms with E-state index in [1.807, 2.05) is 13.0 Å². The third kappa shape index (κ3) is 4.33. The maximum atomic E-state index is 10.7. The molecule has 0 saturated carbocycles. The van der Waals surface area contributed by atoms with Gasteiger partial charge in [0.2, 0.25) is 0 Å². The Labute approximate surface area is 67.1 Å². The highest BCUT2D eigenvalue weighted by atomic mass is 16.7. The normalized spacial score (nSPS) is 11.5. The van der Waals surface area contributed by atoms with E-state index in [1.165, 1.54) is 0 Å². The van der Waals surface area contributed by atoms with Gasteiger partial charge in [-0.15, -0.1) is 4.65 Å². The van der Waals surface area contributed by atoms with Gasteiger partial charge in [-0.05, 0) is 13.0 Å². The van der Waals surface area contributed by atoms with Gasteiger partial charge in [0.05, 0.1) is 0 Å². The summed E-state index contributed by atoms with van der Waals surface area (Å²) in [5.41, 5.74) is 0. The smallest absolute Gasteiger partial charge is 0.267 e. The van der Waals surface area contributed by atoms with Crippen molar-refractivity contribution in [2.45, 2.75) is 6.92 Å². The molecule has 0 bridgehead atoms. The Bertz CT molecular complexity index is 183. The van der Waals surface area contributed by atoms with E-state index in [0.717, 1.165) is 6.08 Å². The van der Waals surface area contributed by atoms with Crippen molar-refractivity contribution in [1.29, 1.82) is 0 Å². The summed E-state index contributed by atoms with van der Waals surface area (Å²) in [6.07, 6.45) is 4.71. The molecule has 0 unspecified atom stereocenters. The van der Waals surface area contributed by atoms with Crippen LogP contribution in [-0.4, -0.2) is 24.7 Å². The van der Waals surface area contributed by atoms with Gasteiger partial charge in [0.15, 0.2) is 0 Å². The van der Waals surface area contributed by atoms with E-state index >= 15 is 0 Å². The van der Waals surface area contributed by atoms with Crippen LogP contribution in [0, 0.1) is 0 Å². The molecule has 0 N–H and O–H groups in total. The van der Waals surface area contributed by atoms with Gasteiger partial charge >= 0.3 is 5.97 Å². The van der Waals surface area contributed by atoms with E-state index in [4.69, 9.17) is 4.84 Å². The monoisotopic (exact) mass is 156 g/mol. The van der Waals surface area contributed by atoms with Gasteiger partial charge < -0.3 is 0 Å². The maximum Gasteiger partial charge on any atom is 0.390 e. The number of hydroxylamine groups is 3. The van der Waals surface area contributed by atoms with Crippen molar-refractivity contribution in [2.24, 2.45) is 0 Å². The number of carbonyl (C=O) groups excluding carboxylic acids is 1. The Morgan fingerprint density at radius 3 is 2.45 bits per heavy atom. The molecule has 0 fully saturated rings. The van der Waals surface area contributed by atoms with E-state index in [-0.39, 0.29) is 4.65 Å². The Balaban J connectivity index is 4.11. The van der Waals surface area contributed by atoms with Crippen LogP contribution in [0.1, 0.15) is 6.92 Å². The summed E-state index contributed by atoms with van der Waals surface area (Å²) in [5, 5.41) is 0. The van der Waals surface area contributed by atoms with Crippen molar-refractivity contribution in [3.8, 4) is 0 Å². The Morgan fingerprint density at radius 1 is 1.55 bits per heavy atom. The van der Waals surface area contributed by atoms with Gasteiger partial charge in [-0.3, -0.25) is 4.84 Å². The molecule has 3 heteroatoms. The predicted octanol–water partition coefficient (Wildman–Crippen LogP) is 1.24. The number of rotatable bonds is 3. The molecule has 0 saturated heterocycles. The highest BCUT2D eigenvalue weighted by Gasteiger charge is 2.15. The molecule has 0 aliphatic heterocycles. The van der Waals surface area contributed by atoms with Crippen LogP contribution in [-0.2, 0) is 9.63 Å².